The van der Waals surface area contributed by atoms with Crippen LogP contribution in [0.2, 0.25) is 0 Å². The van der Waals surface area contributed by atoms with E-state index in [4.69, 9.17) is 4.74 Å². The molecular weight excluding hydrogens is 316 g/mol. The van der Waals surface area contributed by atoms with Crippen molar-refractivity contribution < 1.29 is 17.9 Å². The second-order valence-corrected chi connectivity index (χ2v) is 8.29. The van der Waals surface area contributed by atoms with Gasteiger partial charge in [-0.05, 0) is 38.5 Å². The highest BCUT2D eigenvalue weighted by molar-refractivity contribution is 7.88. The summed E-state index contributed by atoms with van der Waals surface area (Å²) in [5, 5.41) is 2.79. The highest BCUT2D eigenvalue weighted by Gasteiger charge is 2.29. The van der Waals surface area contributed by atoms with E-state index >= 15 is 0 Å². The van der Waals surface area contributed by atoms with E-state index in [9.17, 15) is 13.2 Å². The molecule has 0 unspecified atom stereocenters. The third-order valence-electron chi connectivity index (χ3n) is 3.34. The fraction of sp³-hybridized carbons (Fsp3) is 0.562. The summed E-state index contributed by atoms with van der Waals surface area (Å²) in [6.07, 6.45) is 1.29. The van der Waals surface area contributed by atoms with Crippen LogP contribution in [0.3, 0.4) is 0 Å². The lowest BCUT2D eigenvalue weighted by molar-refractivity contribution is -0.121. The molecule has 0 saturated carbocycles. The van der Waals surface area contributed by atoms with Gasteiger partial charge in [0.05, 0.1) is 13.4 Å². The number of nitrogens with one attached hydrogen (secondary N) is 1. The molecule has 0 heterocycles. The van der Waals surface area contributed by atoms with Gasteiger partial charge < -0.3 is 10.1 Å². The zero-order chi connectivity index (χ0) is 17.7. The number of hydrogen-bond acceptors (Lipinski definition) is 4. The van der Waals surface area contributed by atoms with Gasteiger partial charge in [-0.25, -0.2) is 8.42 Å². The van der Waals surface area contributed by atoms with Gasteiger partial charge >= 0.3 is 0 Å². The molecule has 130 valence electrons. The highest BCUT2D eigenvalue weighted by atomic mass is 32.2. The number of carbonyl (C=O) groups excluding carboxylic acids is 1. The second kappa shape index (κ2) is 7.79. The maximum atomic E-state index is 11.9. The third-order valence-corrected chi connectivity index (χ3v) is 4.87. The van der Waals surface area contributed by atoms with Crippen LogP contribution in [0.25, 0.3) is 0 Å². The number of benzene rings is 1. The van der Waals surface area contributed by atoms with Crippen LogP contribution in [0.15, 0.2) is 24.3 Å². The number of nitrogens with zero attached hydrogens (tertiary/aromatic N) is 1. The average Bonchev–Trinajstić information content (AvgIpc) is 2.43. The fourth-order valence-electron chi connectivity index (χ4n) is 2.23. The van der Waals surface area contributed by atoms with Crippen molar-refractivity contribution in [2.24, 2.45) is 0 Å². The summed E-state index contributed by atoms with van der Waals surface area (Å²) in [5.41, 5.74) is 0.402. The Morgan fingerprint density at radius 2 is 1.78 bits per heavy atom. The zero-order valence-electron chi connectivity index (χ0n) is 14.4. The van der Waals surface area contributed by atoms with Crippen LogP contribution in [0.5, 0.6) is 5.75 Å². The van der Waals surface area contributed by atoms with Gasteiger partial charge in [-0.3, -0.25) is 4.79 Å². The normalized spacial score (nSPS) is 12.3. The van der Waals surface area contributed by atoms with Crippen molar-refractivity contribution >= 4 is 15.9 Å². The molecule has 6 nitrogen and oxygen atoms in total. The molecule has 1 rings (SSSR count). The van der Waals surface area contributed by atoms with Gasteiger partial charge in [0.15, 0.2) is 0 Å². The lowest BCUT2D eigenvalue weighted by atomic mass is 10.1. The first kappa shape index (κ1) is 19.4. The van der Waals surface area contributed by atoms with Crippen molar-refractivity contribution in [3.8, 4) is 5.75 Å². The summed E-state index contributed by atoms with van der Waals surface area (Å²) in [5.74, 6) is 0.577. The van der Waals surface area contributed by atoms with E-state index in [-0.39, 0.29) is 18.9 Å². The molecule has 1 N–H and O–H groups in total. The Hall–Kier alpha value is -1.60. The maximum Gasteiger partial charge on any atom is 0.221 e. The van der Waals surface area contributed by atoms with Crippen LogP contribution >= 0.6 is 0 Å². The molecule has 1 aromatic rings. The van der Waals surface area contributed by atoms with E-state index < -0.39 is 15.6 Å². The first-order valence-corrected chi connectivity index (χ1v) is 9.26. The summed E-state index contributed by atoms with van der Waals surface area (Å²) >= 11 is 0. The van der Waals surface area contributed by atoms with E-state index in [0.717, 1.165) is 17.6 Å². The summed E-state index contributed by atoms with van der Waals surface area (Å²) in [6, 6.07) is 7.40. The SMILES string of the molecule is COc1ccc(CNC(=O)CCN(C(C)(C)C)S(C)(=O)=O)cc1. The fourth-order valence-corrected chi connectivity index (χ4v) is 3.65. The Morgan fingerprint density at radius 3 is 2.22 bits per heavy atom. The average molecular weight is 342 g/mol. The summed E-state index contributed by atoms with van der Waals surface area (Å²) in [4.78, 5) is 11.9. The molecular formula is C16H26N2O4S. The number of amides is 1. The topological polar surface area (TPSA) is 75.7 Å². The van der Waals surface area contributed by atoms with Crippen molar-refractivity contribution in [1.82, 2.24) is 9.62 Å². The zero-order valence-corrected chi connectivity index (χ0v) is 15.2. The number of rotatable bonds is 7. The van der Waals surface area contributed by atoms with Crippen molar-refractivity contribution in [3.05, 3.63) is 29.8 Å². The number of hydrogen-bond donors (Lipinski definition) is 1. The van der Waals surface area contributed by atoms with Gasteiger partial charge in [-0.1, -0.05) is 12.1 Å². The number of ether oxygens (including phenoxy) is 1. The van der Waals surface area contributed by atoms with Gasteiger partial charge in [0.25, 0.3) is 0 Å². The van der Waals surface area contributed by atoms with Crippen molar-refractivity contribution in [2.45, 2.75) is 39.3 Å². The van der Waals surface area contributed by atoms with Gasteiger partial charge in [-0.15, -0.1) is 0 Å². The molecule has 0 aliphatic carbocycles. The predicted molar refractivity (Wildman–Crippen MR) is 90.8 cm³/mol. The Kier molecular flexibility index (Phi) is 6.58. The van der Waals surface area contributed by atoms with E-state index in [2.05, 4.69) is 5.32 Å². The molecule has 1 amide bonds. The third kappa shape index (κ3) is 6.58. The van der Waals surface area contributed by atoms with Gasteiger partial charge in [0, 0.05) is 25.0 Å². The number of methoxy groups -OCH3 is 1. The van der Waals surface area contributed by atoms with E-state index in [0.29, 0.717) is 6.54 Å². The molecule has 0 bridgehead atoms. The van der Waals surface area contributed by atoms with Gasteiger partial charge in [0.2, 0.25) is 15.9 Å². The Bertz CT molecular complexity index is 618. The summed E-state index contributed by atoms with van der Waals surface area (Å²) in [6.45, 7) is 5.99. The number of carbonyl (C=O) groups is 1. The minimum atomic E-state index is -3.35. The van der Waals surface area contributed by atoms with Crippen LogP contribution in [0.1, 0.15) is 32.8 Å². The van der Waals surface area contributed by atoms with Gasteiger partial charge in [0.1, 0.15) is 5.75 Å². The predicted octanol–water partition coefficient (Wildman–Crippen LogP) is 1.76. The van der Waals surface area contributed by atoms with E-state index in [1.165, 1.54) is 4.31 Å². The Labute approximate surface area is 138 Å². The largest absolute Gasteiger partial charge is 0.497 e. The standard InChI is InChI=1S/C16H26N2O4S/c1-16(2,3)18(23(5,20)21)11-10-15(19)17-12-13-6-8-14(22-4)9-7-13/h6-9H,10-12H2,1-5H3,(H,17,19). The molecule has 0 aliphatic rings. The molecule has 1 aromatic carbocycles. The quantitative estimate of drug-likeness (QED) is 0.819. The van der Waals surface area contributed by atoms with E-state index in [1.54, 1.807) is 7.11 Å². The monoisotopic (exact) mass is 342 g/mol. The number of sulfonamides is 1. The molecule has 0 spiro atoms. The van der Waals surface area contributed by atoms with Crippen molar-refractivity contribution in [3.63, 3.8) is 0 Å². The molecule has 0 fully saturated rings. The molecule has 0 saturated heterocycles. The van der Waals surface area contributed by atoms with Crippen LogP contribution in [0, 0.1) is 0 Å². The minimum Gasteiger partial charge on any atom is -0.497 e. The molecule has 0 radical (unpaired) electrons. The van der Waals surface area contributed by atoms with Crippen LogP contribution in [-0.4, -0.2) is 44.1 Å². The Balaban J connectivity index is 2.52. The second-order valence-electron chi connectivity index (χ2n) is 6.38. The lowest BCUT2D eigenvalue weighted by Crippen LogP contribution is -2.46. The minimum absolute atomic E-state index is 0.125. The molecule has 23 heavy (non-hydrogen) atoms. The first-order chi connectivity index (χ1) is 10.5. The summed E-state index contributed by atoms with van der Waals surface area (Å²) in [7, 11) is -1.76. The first-order valence-electron chi connectivity index (χ1n) is 7.41. The molecule has 0 aromatic heterocycles. The molecule has 0 atom stereocenters. The van der Waals surface area contributed by atoms with Crippen LogP contribution in [0.4, 0.5) is 0 Å². The smallest absolute Gasteiger partial charge is 0.221 e. The van der Waals surface area contributed by atoms with Gasteiger partial charge in [-0.2, -0.15) is 4.31 Å². The lowest BCUT2D eigenvalue weighted by Gasteiger charge is -2.33. The van der Waals surface area contributed by atoms with Crippen molar-refractivity contribution in [1.29, 1.82) is 0 Å². The Morgan fingerprint density at radius 1 is 1.22 bits per heavy atom. The van der Waals surface area contributed by atoms with Crippen molar-refractivity contribution in [2.75, 3.05) is 19.9 Å². The highest BCUT2D eigenvalue weighted by Crippen LogP contribution is 2.17. The summed E-state index contributed by atoms with van der Waals surface area (Å²) < 4.78 is 30.0. The van der Waals surface area contributed by atoms with E-state index in [1.807, 2.05) is 45.0 Å². The van der Waals surface area contributed by atoms with Crippen LogP contribution < -0.4 is 10.1 Å². The molecule has 7 heteroatoms. The van der Waals surface area contributed by atoms with Crippen LogP contribution in [-0.2, 0) is 21.4 Å². The maximum absolute atomic E-state index is 11.9. The molecule has 0 aliphatic heterocycles.